The Hall–Kier alpha value is -0.570. The van der Waals surface area contributed by atoms with Gasteiger partial charge in [0.15, 0.2) is 0 Å². The highest BCUT2D eigenvalue weighted by Crippen LogP contribution is 2.15. The van der Waals surface area contributed by atoms with E-state index >= 15 is 0 Å². The summed E-state index contributed by atoms with van der Waals surface area (Å²) in [6, 6.07) is 7.55. The van der Waals surface area contributed by atoms with Gasteiger partial charge in [-0.2, -0.15) is 0 Å². The molecule has 78 valence electrons. The van der Waals surface area contributed by atoms with Crippen LogP contribution in [-0.4, -0.2) is 24.3 Å². The van der Waals surface area contributed by atoms with E-state index in [2.05, 4.69) is 5.32 Å². The summed E-state index contributed by atoms with van der Waals surface area (Å²) in [5, 5.41) is 13.6. The van der Waals surface area contributed by atoms with Crippen LogP contribution in [0.5, 0.6) is 0 Å². The normalized spacial score (nSPS) is 15.1. The van der Waals surface area contributed by atoms with Gasteiger partial charge in [-0.25, -0.2) is 0 Å². The van der Waals surface area contributed by atoms with Crippen molar-refractivity contribution in [2.45, 2.75) is 18.9 Å². The second kappa shape index (κ2) is 4.78. The van der Waals surface area contributed by atoms with Gasteiger partial charge in [0.1, 0.15) is 0 Å². The quantitative estimate of drug-likeness (QED) is 0.800. The number of nitrogens with one attached hydrogen (secondary N) is 1. The first-order chi connectivity index (χ1) is 6.53. The Kier molecular flexibility index (Phi) is 3.93. The van der Waals surface area contributed by atoms with E-state index in [0.29, 0.717) is 13.0 Å². The van der Waals surface area contributed by atoms with Crippen molar-refractivity contribution < 1.29 is 5.11 Å². The fourth-order valence-electron chi connectivity index (χ4n) is 1.49. The van der Waals surface area contributed by atoms with E-state index in [4.69, 9.17) is 11.6 Å². The average Bonchev–Trinajstić information content (AvgIpc) is 2.08. The summed E-state index contributed by atoms with van der Waals surface area (Å²) in [5.74, 6) is 0. The number of rotatable bonds is 4. The van der Waals surface area contributed by atoms with E-state index in [1.54, 1.807) is 0 Å². The minimum atomic E-state index is -0.706. The molecule has 1 aromatic carbocycles. The average molecular weight is 214 g/mol. The highest BCUT2D eigenvalue weighted by Gasteiger charge is 2.19. The monoisotopic (exact) mass is 213 g/mol. The van der Waals surface area contributed by atoms with E-state index in [1.165, 1.54) is 0 Å². The minimum absolute atomic E-state index is 0.579. The second-order valence-corrected chi connectivity index (χ2v) is 4.27. The number of halogens is 1. The smallest absolute Gasteiger partial charge is 0.0783 e. The van der Waals surface area contributed by atoms with Gasteiger partial charge in [0.05, 0.1) is 5.60 Å². The highest BCUT2D eigenvalue weighted by atomic mass is 35.5. The van der Waals surface area contributed by atoms with Crippen LogP contribution in [0.1, 0.15) is 12.5 Å². The Morgan fingerprint density at radius 2 is 1.93 bits per heavy atom. The third-order valence-corrected chi connectivity index (χ3v) is 2.31. The molecule has 0 saturated carbocycles. The van der Waals surface area contributed by atoms with Crippen molar-refractivity contribution in [3.63, 3.8) is 0 Å². The molecule has 3 heteroatoms. The maximum Gasteiger partial charge on any atom is 0.0783 e. The van der Waals surface area contributed by atoms with Gasteiger partial charge in [-0.1, -0.05) is 23.7 Å². The molecule has 0 amide bonds. The van der Waals surface area contributed by atoms with Crippen LogP contribution in [0, 0.1) is 0 Å². The zero-order chi connectivity index (χ0) is 10.6. The summed E-state index contributed by atoms with van der Waals surface area (Å²) in [5.41, 5.74) is 0.386. The van der Waals surface area contributed by atoms with E-state index in [9.17, 15) is 5.11 Å². The number of hydrogen-bond donors (Lipinski definition) is 2. The third-order valence-electron chi connectivity index (χ3n) is 2.06. The lowest BCUT2D eigenvalue weighted by Gasteiger charge is -2.22. The minimum Gasteiger partial charge on any atom is -0.389 e. The molecule has 0 fully saturated rings. The molecule has 1 rings (SSSR count). The lowest BCUT2D eigenvalue weighted by Crippen LogP contribution is -2.38. The van der Waals surface area contributed by atoms with E-state index in [-0.39, 0.29) is 0 Å². The molecule has 1 atom stereocenters. The van der Waals surface area contributed by atoms with Crippen LogP contribution in [0.4, 0.5) is 0 Å². The second-order valence-electron chi connectivity index (χ2n) is 3.83. The van der Waals surface area contributed by atoms with Gasteiger partial charge in [-0.3, -0.25) is 0 Å². The predicted octanol–water partition coefficient (Wildman–Crippen LogP) is 1.85. The summed E-state index contributed by atoms with van der Waals surface area (Å²) in [4.78, 5) is 0. The van der Waals surface area contributed by atoms with Gasteiger partial charge in [0, 0.05) is 18.0 Å². The first-order valence-electron chi connectivity index (χ1n) is 4.65. The molecular weight excluding hydrogens is 198 g/mol. The summed E-state index contributed by atoms with van der Waals surface area (Å²) < 4.78 is 0. The number of benzene rings is 1. The molecule has 1 unspecified atom stereocenters. The zero-order valence-electron chi connectivity index (χ0n) is 8.55. The van der Waals surface area contributed by atoms with Crippen LogP contribution in [0.2, 0.25) is 5.02 Å². The molecule has 0 aliphatic heterocycles. The summed E-state index contributed by atoms with van der Waals surface area (Å²) in [6.45, 7) is 2.40. The number of likely N-dealkylation sites (N-methyl/N-ethyl adjacent to an activating group) is 1. The van der Waals surface area contributed by atoms with Crippen molar-refractivity contribution in [1.29, 1.82) is 0 Å². The number of aliphatic hydroxyl groups is 1. The van der Waals surface area contributed by atoms with Crippen molar-refractivity contribution >= 4 is 11.6 Å². The van der Waals surface area contributed by atoms with Gasteiger partial charge >= 0.3 is 0 Å². The van der Waals surface area contributed by atoms with E-state index in [1.807, 2.05) is 38.2 Å². The molecule has 0 spiro atoms. The summed E-state index contributed by atoms with van der Waals surface area (Å²) in [6.07, 6.45) is 0.630. The highest BCUT2D eigenvalue weighted by molar-refractivity contribution is 6.30. The zero-order valence-corrected chi connectivity index (χ0v) is 9.30. The lowest BCUT2D eigenvalue weighted by atomic mass is 9.97. The molecule has 0 heterocycles. The molecule has 0 radical (unpaired) electrons. The van der Waals surface area contributed by atoms with Crippen LogP contribution >= 0.6 is 11.6 Å². The van der Waals surface area contributed by atoms with Gasteiger partial charge < -0.3 is 10.4 Å². The maximum absolute atomic E-state index is 9.94. The van der Waals surface area contributed by atoms with Gasteiger partial charge in [0.25, 0.3) is 0 Å². The third kappa shape index (κ3) is 3.66. The van der Waals surface area contributed by atoms with Crippen LogP contribution in [0.25, 0.3) is 0 Å². The van der Waals surface area contributed by atoms with Crippen LogP contribution in [-0.2, 0) is 6.42 Å². The molecule has 14 heavy (non-hydrogen) atoms. The Labute approximate surface area is 89.9 Å². The largest absolute Gasteiger partial charge is 0.389 e. The SMILES string of the molecule is CNCC(C)(O)Cc1ccc(Cl)cc1. The number of hydrogen-bond acceptors (Lipinski definition) is 2. The van der Waals surface area contributed by atoms with Crippen LogP contribution < -0.4 is 5.32 Å². The first kappa shape index (κ1) is 11.5. The predicted molar refractivity (Wildman–Crippen MR) is 59.7 cm³/mol. The maximum atomic E-state index is 9.94. The van der Waals surface area contributed by atoms with Crippen molar-refractivity contribution in [2.75, 3.05) is 13.6 Å². The van der Waals surface area contributed by atoms with Crippen molar-refractivity contribution in [3.05, 3.63) is 34.9 Å². The molecule has 0 saturated heterocycles. The molecular formula is C11H16ClNO. The van der Waals surface area contributed by atoms with Crippen molar-refractivity contribution in [3.8, 4) is 0 Å². The van der Waals surface area contributed by atoms with E-state index in [0.717, 1.165) is 10.6 Å². The molecule has 2 N–H and O–H groups in total. The molecule has 0 bridgehead atoms. The first-order valence-corrected chi connectivity index (χ1v) is 5.03. The standard InChI is InChI=1S/C11H16ClNO/c1-11(14,8-13-2)7-9-3-5-10(12)6-4-9/h3-6,13-14H,7-8H2,1-2H3. The molecule has 1 aromatic rings. The Balaban J connectivity index is 2.64. The topological polar surface area (TPSA) is 32.3 Å². The Morgan fingerprint density at radius 1 is 1.36 bits per heavy atom. The van der Waals surface area contributed by atoms with Crippen LogP contribution in [0.3, 0.4) is 0 Å². The molecule has 0 aromatic heterocycles. The van der Waals surface area contributed by atoms with Crippen molar-refractivity contribution in [2.24, 2.45) is 0 Å². The van der Waals surface area contributed by atoms with Gasteiger partial charge in [0.2, 0.25) is 0 Å². The van der Waals surface area contributed by atoms with Gasteiger partial charge in [-0.15, -0.1) is 0 Å². The summed E-state index contributed by atoms with van der Waals surface area (Å²) in [7, 11) is 1.83. The van der Waals surface area contributed by atoms with Crippen molar-refractivity contribution in [1.82, 2.24) is 5.32 Å². The Morgan fingerprint density at radius 3 is 2.43 bits per heavy atom. The molecule has 2 nitrogen and oxygen atoms in total. The Bertz CT molecular complexity index is 282. The van der Waals surface area contributed by atoms with Crippen LogP contribution in [0.15, 0.2) is 24.3 Å². The fraction of sp³-hybridized carbons (Fsp3) is 0.455. The lowest BCUT2D eigenvalue weighted by molar-refractivity contribution is 0.0622. The van der Waals surface area contributed by atoms with Gasteiger partial charge in [-0.05, 0) is 31.7 Å². The van der Waals surface area contributed by atoms with E-state index < -0.39 is 5.60 Å². The fourth-order valence-corrected chi connectivity index (χ4v) is 1.61. The molecule has 0 aliphatic carbocycles. The molecule has 0 aliphatic rings. The summed E-state index contributed by atoms with van der Waals surface area (Å²) >= 11 is 5.77.